The highest BCUT2D eigenvalue weighted by Crippen LogP contribution is 2.14. The molecule has 0 aromatic heterocycles. The maximum absolute atomic E-state index is 12.0. The first-order valence-electron chi connectivity index (χ1n) is 5.09. The zero-order valence-corrected chi connectivity index (χ0v) is 11.0. The summed E-state index contributed by atoms with van der Waals surface area (Å²) in [4.78, 5) is 23.4. The molecule has 3 nitrogen and oxygen atoms in total. The van der Waals surface area contributed by atoms with E-state index in [9.17, 15) is 9.59 Å². The van der Waals surface area contributed by atoms with Gasteiger partial charge >= 0.3 is 5.97 Å². The molecule has 0 saturated carbocycles. The molecule has 0 amide bonds. The predicted molar refractivity (Wildman–Crippen MR) is 65.5 cm³/mol. The van der Waals surface area contributed by atoms with E-state index in [-0.39, 0.29) is 5.41 Å². The maximum atomic E-state index is 12.0. The summed E-state index contributed by atoms with van der Waals surface area (Å²) >= 11 is 0. The molecule has 0 atom stereocenters. The molecule has 1 rings (SSSR count). The van der Waals surface area contributed by atoms with Crippen molar-refractivity contribution in [1.29, 1.82) is 0 Å². The highest BCUT2D eigenvalue weighted by molar-refractivity contribution is 7.05. The summed E-state index contributed by atoms with van der Waals surface area (Å²) in [6.45, 7) is 5.96. The van der Waals surface area contributed by atoms with Gasteiger partial charge < -0.3 is 9.53 Å². The molecule has 0 bridgehead atoms. The number of rotatable bonds is 3. The quantitative estimate of drug-likeness (QED) is 0.598. The molecule has 0 aliphatic rings. The molecule has 0 spiro atoms. The fourth-order valence-electron chi connectivity index (χ4n) is 1.34. The topological polar surface area (TPSA) is 43.4 Å². The first kappa shape index (κ1) is 12.6. The van der Waals surface area contributed by atoms with Gasteiger partial charge in [0.15, 0.2) is 0 Å². The third-order valence-electron chi connectivity index (χ3n) is 2.23. The van der Waals surface area contributed by atoms with Crippen LogP contribution in [0.1, 0.15) is 20.7 Å². The third-order valence-corrected chi connectivity index (χ3v) is 3.88. The van der Waals surface area contributed by atoms with Crippen LogP contribution in [0.4, 0.5) is 0 Å². The second-order valence-electron chi connectivity index (χ2n) is 4.65. The van der Waals surface area contributed by atoms with Crippen LogP contribution in [0.15, 0.2) is 24.3 Å². The highest BCUT2D eigenvalue weighted by atomic mass is 28.3. The summed E-state index contributed by atoms with van der Waals surface area (Å²) in [6, 6.07) is 6.70. The lowest BCUT2D eigenvalue weighted by Crippen LogP contribution is -2.33. The minimum Gasteiger partial charge on any atom is -0.465 e. The molecule has 0 unspecified atom stereocenters. The Bertz CT molecular complexity index is 419. The van der Waals surface area contributed by atoms with Gasteiger partial charge in [-0.2, -0.15) is 0 Å². The van der Waals surface area contributed by atoms with E-state index in [0.717, 1.165) is 0 Å². The van der Waals surface area contributed by atoms with Gasteiger partial charge in [-0.05, 0) is 12.1 Å². The first-order valence-corrected chi connectivity index (χ1v) is 8.59. The second-order valence-corrected chi connectivity index (χ2v) is 9.61. The summed E-state index contributed by atoms with van der Waals surface area (Å²) in [6.07, 6.45) is 0. The second kappa shape index (κ2) is 4.61. The van der Waals surface area contributed by atoms with Gasteiger partial charge in [-0.1, -0.05) is 31.8 Å². The van der Waals surface area contributed by atoms with Crippen LogP contribution < -0.4 is 0 Å². The number of carbonyl (C=O) groups excluding carboxylic acids is 2. The Balaban J connectivity index is 3.09. The molecule has 0 fully saturated rings. The molecule has 0 saturated heterocycles. The van der Waals surface area contributed by atoms with E-state index in [1.54, 1.807) is 24.3 Å². The van der Waals surface area contributed by atoms with Crippen molar-refractivity contribution in [3.8, 4) is 0 Å². The average molecular weight is 236 g/mol. The molecular weight excluding hydrogens is 220 g/mol. The minimum atomic E-state index is -1.86. The van der Waals surface area contributed by atoms with Gasteiger partial charge in [0.2, 0.25) is 0 Å². The van der Waals surface area contributed by atoms with Crippen LogP contribution in [0.25, 0.3) is 0 Å². The van der Waals surface area contributed by atoms with Crippen LogP contribution in [-0.2, 0) is 4.74 Å². The number of esters is 1. The molecule has 1 aromatic carbocycles. The number of hydrogen-bond donors (Lipinski definition) is 0. The molecule has 0 aliphatic heterocycles. The van der Waals surface area contributed by atoms with E-state index in [1.807, 2.05) is 19.6 Å². The van der Waals surface area contributed by atoms with Gasteiger partial charge in [0.1, 0.15) is 13.5 Å². The number of methoxy groups -OCH3 is 1. The zero-order chi connectivity index (χ0) is 12.3. The molecule has 0 N–H and O–H groups in total. The molecular formula is C12H16O3Si. The van der Waals surface area contributed by atoms with Gasteiger partial charge in [0, 0.05) is 5.56 Å². The van der Waals surface area contributed by atoms with Crippen molar-refractivity contribution in [3.63, 3.8) is 0 Å². The fraction of sp³-hybridized carbons (Fsp3) is 0.333. The Labute approximate surface area is 96.4 Å². The van der Waals surface area contributed by atoms with Crippen molar-refractivity contribution in [2.24, 2.45) is 0 Å². The van der Waals surface area contributed by atoms with E-state index in [4.69, 9.17) is 0 Å². The lowest BCUT2D eigenvalue weighted by molar-refractivity contribution is 0.0600. The number of ether oxygens (including phenoxy) is 1. The lowest BCUT2D eigenvalue weighted by atomic mass is 10.1. The SMILES string of the molecule is COC(=O)c1cccc(C(=O)[Si](C)(C)C)c1. The normalized spacial score (nSPS) is 11.0. The van der Waals surface area contributed by atoms with Gasteiger partial charge in [0.05, 0.1) is 12.7 Å². The van der Waals surface area contributed by atoms with Gasteiger partial charge in [0.25, 0.3) is 0 Å². The van der Waals surface area contributed by atoms with E-state index >= 15 is 0 Å². The highest BCUT2D eigenvalue weighted by Gasteiger charge is 2.25. The van der Waals surface area contributed by atoms with Crippen LogP contribution in [0.5, 0.6) is 0 Å². The van der Waals surface area contributed by atoms with Crippen molar-refractivity contribution < 1.29 is 14.3 Å². The van der Waals surface area contributed by atoms with Crippen molar-refractivity contribution in [2.45, 2.75) is 19.6 Å². The van der Waals surface area contributed by atoms with Crippen LogP contribution >= 0.6 is 0 Å². The average Bonchev–Trinajstić information content (AvgIpc) is 2.26. The standard InChI is InChI=1S/C12H16O3Si/c1-15-11(13)9-6-5-7-10(8-9)12(14)16(2,3)4/h5-8H,1-4H3. The fourth-order valence-corrected chi connectivity index (χ4v) is 2.36. The van der Waals surface area contributed by atoms with Crippen molar-refractivity contribution >= 4 is 19.4 Å². The number of hydrogen-bond acceptors (Lipinski definition) is 3. The summed E-state index contributed by atoms with van der Waals surface area (Å²) in [5, 5.41) is 0.151. The van der Waals surface area contributed by atoms with E-state index < -0.39 is 14.0 Å². The van der Waals surface area contributed by atoms with Gasteiger partial charge in [-0.3, -0.25) is 0 Å². The number of carbonyl (C=O) groups is 2. The lowest BCUT2D eigenvalue weighted by Gasteiger charge is -2.14. The van der Waals surface area contributed by atoms with E-state index in [2.05, 4.69) is 4.74 Å². The van der Waals surface area contributed by atoms with E-state index in [1.165, 1.54) is 7.11 Å². The molecule has 0 radical (unpaired) electrons. The van der Waals surface area contributed by atoms with Crippen molar-refractivity contribution in [3.05, 3.63) is 35.4 Å². The van der Waals surface area contributed by atoms with Crippen molar-refractivity contribution in [2.75, 3.05) is 7.11 Å². The smallest absolute Gasteiger partial charge is 0.337 e. The summed E-state index contributed by atoms with van der Waals surface area (Å²) < 4.78 is 4.62. The van der Waals surface area contributed by atoms with E-state index in [0.29, 0.717) is 11.1 Å². The van der Waals surface area contributed by atoms with Crippen LogP contribution in [0, 0.1) is 0 Å². The van der Waals surface area contributed by atoms with Gasteiger partial charge in [-0.15, -0.1) is 0 Å². The van der Waals surface area contributed by atoms with Crippen molar-refractivity contribution in [1.82, 2.24) is 0 Å². The monoisotopic (exact) mass is 236 g/mol. The van der Waals surface area contributed by atoms with Crippen LogP contribution in [-0.4, -0.2) is 26.6 Å². The molecule has 0 aliphatic carbocycles. The Morgan fingerprint density at radius 1 is 1.12 bits per heavy atom. The molecule has 4 heteroatoms. The summed E-state index contributed by atoms with van der Waals surface area (Å²) in [7, 11) is -0.532. The van der Waals surface area contributed by atoms with Crippen LogP contribution in [0.3, 0.4) is 0 Å². The third kappa shape index (κ3) is 2.79. The number of benzene rings is 1. The predicted octanol–water partition coefficient (Wildman–Crippen LogP) is 2.53. The minimum absolute atomic E-state index is 0.151. The van der Waals surface area contributed by atoms with Crippen LogP contribution in [0.2, 0.25) is 19.6 Å². The molecule has 1 aromatic rings. The maximum Gasteiger partial charge on any atom is 0.337 e. The Hall–Kier alpha value is -1.42. The Morgan fingerprint density at radius 2 is 1.69 bits per heavy atom. The molecule has 0 heterocycles. The first-order chi connectivity index (χ1) is 7.36. The Morgan fingerprint density at radius 3 is 2.19 bits per heavy atom. The largest absolute Gasteiger partial charge is 0.465 e. The zero-order valence-electron chi connectivity index (χ0n) is 10.0. The summed E-state index contributed by atoms with van der Waals surface area (Å²) in [5.74, 6) is -0.412. The molecule has 16 heavy (non-hydrogen) atoms. The molecule has 86 valence electrons. The Kier molecular flexibility index (Phi) is 3.65. The van der Waals surface area contributed by atoms with Gasteiger partial charge in [-0.25, -0.2) is 4.79 Å². The summed E-state index contributed by atoms with van der Waals surface area (Å²) in [5.41, 5.74) is 1.02.